The lowest BCUT2D eigenvalue weighted by atomic mass is 9.80. The van der Waals surface area contributed by atoms with Gasteiger partial charge in [-0.3, -0.25) is 14.4 Å². The van der Waals surface area contributed by atoms with Crippen LogP contribution in [0.25, 0.3) is 0 Å². The largest absolute Gasteiger partial charge is 0.497 e. The van der Waals surface area contributed by atoms with Crippen LogP contribution in [0.3, 0.4) is 0 Å². The van der Waals surface area contributed by atoms with E-state index in [9.17, 15) is 19.5 Å². The molecule has 3 aromatic carbocycles. The summed E-state index contributed by atoms with van der Waals surface area (Å²) >= 11 is 0. The number of amides is 3. The Morgan fingerprint density at radius 1 is 0.881 bits per heavy atom. The van der Waals surface area contributed by atoms with Crippen molar-refractivity contribution < 1.29 is 24.2 Å². The lowest BCUT2D eigenvalue weighted by molar-refractivity contribution is 0.0751. The Morgan fingerprint density at radius 3 is 2.05 bits per heavy atom. The average molecular weight is 575 g/mol. The Hall–Kier alpha value is -4.21. The van der Waals surface area contributed by atoms with Crippen molar-refractivity contribution in [3.63, 3.8) is 0 Å². The quantitative estimate of drug-likeness (QED) is 0.205. The predicted molar refractivity (Wildman–Crippen MR) is 164 cm³/mol. The second-order valence-electron chi connectivity index (χ2n) is 10.3. The van der Waals surface area contributed by atoms with Gasteiger partial charge in [0.2, 0.25) is 11.8 Å². The number of primary amides is 2. The molecular weight excluding hydrogens is 532 g/mol. The third kappa shape index (κ3) is 8.41. The number of nitrogens with zero attached hydrogens (tertiary/aromatic N) is 1. The normalized spacial score (nSPS) is 12.4. The van der Waals surface area contributed by atoms with Crippen molar-refractivity contribution in [2.45, 2.75) is 51.7 Å². The fourth-order valence-electron chi connectivity index (χ4n) is 5.15. The molecule has 0 fully saturated rings. The zero-order chi connectivity index (χ0) is 30.6. The van der Waals surface area contributed by atoms with Gasteiger partial charge >= 0.3 is 0 Å². The minimum atomic E-state index is -1.02. The van der Waals surface area contributed by atoms with Crippen molar-refractivity contribution in [1.82, 2.24) is 10.2 Å². The Morgan fingerprint density at radius 2 is 1.50 bits per heavy atom. The molecule has 0 bridgehead atoms. The van der Waals surface area contributed by atoms with Crippen LogP contribution in [0.4, 0.5) is 0 Å². The topological polar surface area (TPSA) is 148 Å². The number of nitrogens with one attached hydrogen (secondary N) is 1. The maximum Gasteiger partial charge on any atom is 0.254 e. The van der Waals surface area contributed by atoms with Crippen LogP contribution >= 0.6 is 0 Å². The van der Waals surface area contributed by atoms with Crippen molar-refractivity contribution in [3.8, 4) is 5.75 Å². The van der Waals surface area contributed by atoms with Crippen LogP contribution in [-0.4, -0.2) is 60.6 Å². The van der Waals surface area contributed by atoms with Gasteiger partial charge in [-0.1, -0.05) is 56.3 Å². The molecule has 9 nitrogen and oxygen atoms in total. The Bertz CT molecular complexity index is 1340. The highest BCUT2D eigenvalue weighted by Gasteiger charge is 2.32. The van der Waals surface area contributed by atoms with E-state index >= 15 is 0 Å². The number of rotatable bonds is 16. The molecule has 3 aromatic rings. The molecule has 3 amide bonds. The molecule has 0 saturated carbocycles. The first-order valence-corrected chi connectivity index (χ1v) is 14.3. The van der Waals surface area contributed by atoms with Crippen LogP contribution in [0.1, 0.15) is 80.4 Å². The number of nitrogens with two attached hydrogens (primary N) is 2. The van der Waals surface area contributed by atoms with E-state index in [0.717, 1.165) is 24.0 Å². The fourth-order valence-corrected chi connectivity index (χ4v) is 5.15. The average Bonchev–Trinajstić information content (AvgIpc) is 2.99. The molecule has 0 unspecified atom stereocenters. The second kappa shape index (κ2) is 15.7. The molecule has 0 radical (unpaired) electrons. The van der Waals surface area contributed by atoms with Gasteiger partial charge in [0.15, 0.2) is 0 Å². The standard InChI is InChI=1S/C33H42N4O5/c1-4-15-37(16-5-2)33(41)28-19-24(31(34)39)18-27(32(35)40)30(28)26(17-22-11-13-25(42-3)14-12-22)29(38)21-36-20-23-9-7-6-8-10-23/h6-14,18-19,26,29,36,38H,4-5,15-17,20-21H2,1-3H3,(H2,34,39)(H2,35,40)/t26-,29+/m1/s1. The Balaban J connectivity index is 2.15. The summed E-state index contributed by atoms with van der Waals surface area (Å²) in [6.07, 6.45) is 0.711. The van der Waals surface area contributed by atoms with Gasteiger partial charge in [-0.2, -0.15) is 0 Å². The minimum Gasteiger partial charge on any atom is -0.497 e. The maximum atomic E-state index is 14.1. The Kier molecular flexibility index (Phi) is 12.1. The number of carbonyl (C=O) groups excluding carboxylic acids is 3. The summed E-state index contributed by atoms with van der Waals surface area (Å²) in [5.74, 6) is -2.00. The zero-order valence-electron chi connectivity index (χ0n) is 24.6. The fraction of sp³-hybridized carbons (Fsp3) is 0.364. The third-order valence-electron chi connectivity index (χ3n) is 7.21. The van der Waals surface area contributed by atoms with Crippen LogP contribution in [0.2, 0.25) is 0 Å². The van der Waals surface area contributed by atoms with Crippen molar-refractivity contribution in [1.29, 1.82) is 0 Å². The van der Waals surface area contributed by atoms with Crippen LogP contribution in [0.5, 0.6) is 5.75 Å². The van der Waals surface area contributed by atoms with Gasteiger partial charge in [-0.15, -0.1) is 0 Å². The molecule has 2 atom stereocenters. The van der Waals surface area contributed by atoms with Gasteiger partial charge in [0.05, 0.1) is 13.2 Å². The summed E-state index contributed by atoms with van der Waals surface area (Å²) in [5, 5.41) is 15.0. The number of aliphatic hydroxyl groups excluding tert-OH is 1. The number of hydrogen-bond acceptors (Lipinski definition) is 6. The molecule has 0 aromatic heterocycles. The molecule has 0 aliphatic carbocycles. The summed E-state index contributed by atoms with van der Waals surface area (Å²) in [4.78, 5) is 40.9. The van der Waals surface area contributed by atoms with E-state index in [2.05, 4.69) is 5.32 Å². The number of benzene rings is 3. The van der Waals surface area contributed by atoms with Crippen LogP contribution in [0, 0.1) is 0 Å². The van der Waals surface area contributed by atoms with Crippen molar-refractivity contribution >= 4 is 17.7 Å². The predicted octanol–water partition coefficient (Wildman–Crippen LogP) is 3.63. The first kappa shape index (κ1) is 32.3. The highest BCUT2D eigenvalue weighted by Crippen LogP contribution is 2.33. The highest BCUT2D eigenvalue weighted by molar-refractivity contribution is 6.06. The van der Waals surface area contributed by atoms with Crippen molar-refractivity contribution in [3.05, 3.63) is 100 Å². The molecule has 0 saturated heterocycles. The smallest absolute Gasteiger partial charge is 0.254 e. The molecule has 0 spiro atoms. The lowest BCUT2D eigenvalue weighted by Crippen LogP contribution is -2.38. The molecule has 3 rings (SSSR count). The summed E-state index contributed by atoms with van der Waals surface area (Å²) in [5.41, 5.74) is 13.8. The zero-order valence-corrected chi connectivity index (χ0v) is 24.6. The molecule has 224 valence electrons. The molecule has 9 heteroatoms. The van der Waals surface area contributed by atoms with E-state index in [1.165, 1.54) is 12.1 Å². The van der Waals surface area contributed by atoms with Crippen molar-refractivity contribution in [2.24, 2.45) is 11.5 Å². The van der Waals surface area contributed by atoms with Gasteiger partial charge in [-0.05, 0) is 60.2 Å². The van der Waals surface area contributed by atoms with E-state index in [1.54, 1.807) is 12.0 Å². The van der Waals surface area contributed by atoms with Crippen molar-refractivity contribution in [2.75, 3.05) is 26.7 Å². The van der Waals surface area contributed by atoms with Crippen LogP contribution < -0.4 is 21.5 Å². The van der Waals surface area contributed by atoms with Gasteiger partial charge in [0.1, 0.15) is 5.75 Å². The molecule has 0 aliphatic rings. The number of carbonyl (C=O) groups is 3. The summed E-state index contributed by atoms with van der Waals surface area (Å²) in [7, 11) is 1.58. The van der Waals surface area contributed by atoms with Crippen LogP contribution in [0.15, 0.2) is 66.7 Å². The first-order valence-electron chi connectivity index (χ1n) is 14.3. The van der Waals surface area contributed by atoms with Crippen LogP contribution in [-0.2, 0) is 13.0 Å². The van der Waals surface area contributed by atoms with E-state index in [-0.39, 0.29) is 35.6 Å². The molecule has 0 aliphatic heterocycles. The van der Waals surface area contributed by atoms with E-state index in [1.807, 2.05) is 68.4 Å². The number of ether oxygens (including phenoxy) is 1. The SMILES string of the molecule is CCCN(CCC)C(=O)c1cc(C(N)=O)cc(C(N)=O)c1[C@H](Cc1ccc(OC)cc1)[C@@H](O)CNCc1ccccc1. The Labute approximate surface area is 247 Å². The summed E-state index contributed by atoms with van der Waals surface area (Å²) < 4.78 is 5.30. The van der Waals surface area contributed by atoms with Gasteiger partial charge in [-0.25, -0.2) is 0 Å². The third-order valence-corrected chi connectivity index (χ3v) is 7.21. The number of methoxy groups -OCH3 is 1. The monoisotopic (exact) mass is 574 g/mol. The van der Waals surface area contributed by atoms with Gasteiger partial charge in [0.25, 0.3) is 5.91 Å². The highest BCUT2D eigenvalue weighted by atomic mass is 16.5. The summed E-state index contributed by atoms with van der Waals surface area (Å²) in [6, 6.07) is 19.9. The first-order chi connectivity index (χ1) is 20.2. The number of aliphatic hydroxyl groups is 1. The van der Waals surface area contributed by atoms with Gasteiger partial charge in [0, 0.05) is 48.8 Å². The van der Waals surface area contributed by atoms with Gasteiger partial charge < -0.3 is 31.5 Å². The minimum absolute atomic E-state index is 0.00346. The lowest BCUT2D eigenvalue weighted by Gasteiger charge is -2.30. The molecule has 0 heterocycles. The van der Waals surface area contributed by atoms with E-state index in [4.69, 9.17) is 16.2 Å². The van der Waals surface area contributed by atoms with E-state index in [0.29, 0.717) is 30.9 Å². The maximum absolute atomic E-state index is 14.1. The molecule has 6 N–H and O–H groups in total. The van der Waals surface area contributed by atoms with E-state index < -0.39 is 23.8 Å². The number of hydrogen-bond donors (Lipinski definition) is 4. The molecule has 42 heavy (non-hydrogen) atoms. The summed E-state index contributed by atoms with van der Waals surface area (Å²) in [6.45, 7) is 5.61. The second-order valence-corrected chi connectivity index (χ2v) is 10.3. The molecular formula is C33H42N4O5.